The molecule has 0 bridgehead atoms. The summed E-state index contributed by atoms with van der Waals surface area (Å²) in [5, 5.41) is 12.0. The van der Waals surface area contributed by atoms with Crippen LogP contribution in [-0.2, 0) is 14.3 Å². The maximum atomic E-state index is 11.8. The molecule has 1 heterocycles. The number of thioether (sulfide) groups is 1. The van der Waals surface area contributed by atoms with Crippen molar-refractivity contribution in [3.63, 3.8) is 0 Å². The molecule has 1 N–H and O–H groups in total. The molecule has 8 heteroatoms. The van der Waals surface area contributed by atoms with Crippen molar-refractivity contribution in [3.05, 3.63) is 60.3 Å². The third-order valence-electron chi connectivity index (χ3n) is 3.40. The molecule has 0 spiro atoms. The summed E-state index contributed by atoms with van der Waals surface area (Å²) in [7, 11) is 0. The Labute approximate surface area is 159 Å². The van der Waals surface area contributed by atoms with Gasteiger partial charge in [0.05, 0.1) is 34.6 Å². The first-order valence-corrected chi connectivity index (χ1v) is 8.93. The normalized spacial score (nSPS) is 10.2. The summed E-state index contributed by atoms with van der Waals surface area (Å²) in [5.41, 5.74) is 2.42. The minimum absolute atomic E-state index is 0.0181. The summed E-state index contributed by atoms with van der Waals surface area (Å²) in [6, 6.07) is 15.9. The van der Waals surface area contributed by atoms with Gasteiger partial charge in [-0.05, 0) is 30.3 Å². The molecule has 0 atom stereocenters. The lowest BCUT2D eigenvalue weighted by Gasteiger charge is -2.07. The number of nitrogens with zero attached hydrogens (tertiary/aromatic N) is 3. The van der Waals surface area contributed by atoms with Gasteiger partial charge in [0, 0.05) is 5.69 Å². The molecule has 3 rings (SSSR count). The first-order valence-electron chi connectivity index (χ1n) is 7.94. The predicted molar refractivity (Wildman–Crippen MR) is 101 cm³/mol. The van der Waals surface area contributed by atoms with Crippen LogP contribution in [0.2, 0.25) is 0 Å². The lowest BCUT2D eigenvalue weighted by Crippen LogP contribution is -2.21. The number of fused-ring (bicyclic) bond motifs is 1. The van der Waals surface area contributed by atoms with Gasteiger partial charge >= 0.3 is 5.97 Å². The predicted octanol–water partition coefficient (Wildman–Crippen LogP) is 2.78. The van der Waals surface area contributed by atoms with Gasteiger partial charge < -0.3 is 10.1 Å². The van der Waals surface area contributed by atoms with Crippen LogP contribution in [0.4, 0.5) is 5.69 Å². The first-order chi connectivity index (χ1) is 13.1. The van der Waals surface area contributed by atoms with E-state index in [0.29, 0.717) is 16.3 Å². The number of anilines is 1. The van der Waals surface area contributed by atoms with Gasteiger partial charge in [-0.25, -0.2) is 4.98 Å². The molecular weight excluding hydrogens is 364 g/mol. The van der Waals surface area contributed by atoms with E-state index in [4.69, 9.17) is 10.00 Å². The van der Waals surface area contributed by atoms with Gasteiger partial charge in [-0.2, -0.15) is 5.26 Å². The molecule has 0 saturated heterocycles. The number of rotatable bonds is 6. The van der Waals surface area contributed by atoms with E-state index in [0.717, 1.165) is 11.0 Å². The second kappa shape index (κ2) is 8.78. The molecular formula is C19H14N4O3S. The van der Waals surface area contributed by atoms with Crippen LogP contribution < -0.4 is 5.32 Å². The van der Waals surface area contributed by atoms with E-state index >= 15 is 0 Å². The zero-order chi connectivity index (χ0) is 19.1. The number of para-hydroxylation sites is 2. The molecule has 0 unspecified atom stereocenters. The molecule has 134 valence electrons. The molecule has 0 aliphatic carbocycles. The minimum atomic E-state index is -0.532. The highest BCUT2D eigenvalue weighted by Crippen LogP contribution is 2.18. The van der Waals surface area contributed by atoms with Crippen molar-refractivity contribution < 1.29 is 14.3 Å². The first kappa shape index (κ1) is 18.4. The number of nitriles is 1. The maximum absolute atomic E-state index is 11.8. The van der Waals surface area contributed by atoms with Crippen molar-refractivity contribution in [1.29, 1.82) is 5.26 Å². The number of hydrogen-bond acceptors (Lipinski definition) is 7. The Morgan fingerprint density at radius 1 is 1.15 bits per heavy atom. The third kappa shape index (κ3) is 5.26. The number of carbonyl (C=O) groups is 2. The van der Waals surface area contributed by atoms with E-state index in [1.807, 2.05) is 30.3 Å². The van der Waals surface area contributed by atoms with E-state index in [2.05, 4.69) is 15.3 Å². The highest BCUT2D eigenvalue weighted by Gasteiger charge is 2.10. The fourth-order valence-electron chi connectivity index (χ4n) is 2.19. The Hall–Kier alpha value is -3.44. The van der Waals surface area contributed by atoms with Crippen molar-refractivity contribution in [1.82, 2.24) is 9.97 Å². The quantitative estimate of drug-likeness (QED) is 0.519. The zero-order valence-electron chi connectivity index (χ0n) is 14.1. The van der Waals surface area contributed by atoms with Crippen LogP contribution in [-0.4, -0.2) is 34.2 Å². The van der Waals surface area contributed by atoms with E-state index in [9.17, 15) is 9.59 Å². The average Bonchev–Trinajstić information content (AvgIpc) is 2.70. The van der Waals surface area contributed by atoms with Crippen LogP contribution in [0.3, 0.4) is 0 Å². The Bertz CT molecular complexity index is 1030. The zero-order valence-corrected chi connectivity index (χ0v) is 14.9. The fraction of sp³-hybridized carbons (Fsp3) is 0.105. The lowest BCUT2D eigenvalue weighted by molar-refractivity contribution is -0.144. The molecule has 7 nitrogen and oxygen atoms in total. The average molecular weight is 378 g/mol. The summed E-state index contributed by atoms with van der Waals surface area (Å²) in [6.07, 6.45) is 1.59. The summed E-state index contributed by atoms with van der Waals surface area (Å²) in [6.45, 7) is -0.403. The summed E-state index contributed by atoms with van der Waals surface area (Å²) >= 11 is 1.19. The van der Waals surface area contributed by atoms with E-state index in [-0.39, 0.29) is 5.75 Å². The number of aromatic nitrogens is 2. The van der Waals surface area contributed by atoms with Gasteiger partial charge in [0.15, 0.2) is 6.61 Å². The highest BCUT2D eigenvalue weighted by molar-refractivity contribution is 7.99. The van der Waals surface area contributed by atoms with Crippen LogP contribution >= 0.6 is 11.8 Å². The largest absolute Gasteiger partial charge is 0.455 e. The van der Waals surface area contributed by atoms with Crippen molar-refractivity contribution in [2.75, 3.05) is 17.7 Å². The van der Waals surface area contributed by atoms with E-state index < -0.39 is 18.5 Å². The Morgan fingerprint density at radius 2 is 1.96 bits per heavy atom. The van der Waals surface area contributed by atoms with Crippen LogP contribution in [0, 0.1) is 11.3 Å². The summed E-state index contributed by atoms with van der Waals surface area (Å²) < 4.78 is 4.96. The van der Waals surface area contributed by atoms with Crippen molar-refractivity contribution in [3.8, 4) is 6.07 Å². The van der Waals surface area contributed by atoms with Crippen LogP contribution in [0.5, 0.6) is 0 Å². The van der Waals surface area contributed by atoms with Crippen LogP contribution in [0.15, 0.2) is 59.8 Å². The SMILES string of the molecule is N#Cc1cccc(NC(=O)COC(=O)CSc2cnc3ccccc3n2)c1. The Kier molecular flexibility index (Phi) is 5.97. The highest BCUT2D eigenvalue weighted by atomic mass is 32.2. The number of amides is 1. The minimum Gasteiger partial charge on any atom is -0.455 e. The monoisotopic (exact) mass is 378 g/mol. The number of carbonyl (C=O) groups excluding carboxylic acids is 2. The smallest absolute Gasteiger partial charge is 0.316 e. The molecule has 3 aromatic rings. The van der Waals surface area contributed by atoms with Gasteiger partial charge in [-0.15, -0.1) is 0 Å². The Morgan fingerprint density at radius 3 is 2.78 bits per heavy atom. The molecule has 0 radical (unpaired) electrons. The summed E-state index contributed by atoms with van der Waals surface area (Å²) in [5.74, 6) is -0.991. The van der Waals surface area contributed by atoms with Crippen LogP contribution in [0.1, 0.15) is 5.56 Å². The lowest BCUT2D eigenvalue weighted by atomic mass is 10.2. The molecule has 1 amide bonds. The van der Waals surface area contributed by atoms with Gasteiger partial charge in [0.25, 0.3) is 5.91 Å². The van der Waals surface area contributed by atoms with Gasteiger partial charge in [-0.3, -0.25) is 14.6 Å². The molecule has 2 aromatic carbocycles. The molecule has 0 saturated carbocycles. The van der Waals surface area contributed by atoms with Crippen LogP contribution in [0.25, 0.3) is 11.0 Å². The van der Waals surface area contributed by atoms with E-state index in [1.54, 1.807) is 24.4 Å². The molecule has 0 aliphatic rings. The molecule has 1 aromatic heterocycles. The fourth-order valence-corrected chi connectivity index (χ4v) is 2.83. The summed E-state index contributed by atoms with van der Waals surface area (Å²) in [4.78, 5) is 32.3. The van der Waals surface area contributed by atoms with Crippen molar-refractivity contribution in [2.24, 2.45) is 0 Å². The van der Waals surface area contributed by atoms with Crippen molar-refractivity contribution in [2.45, 2.75) is 5.03 Å². The number of hydrogen-bond donors (Lipinski definition) is 1. The standard InChI is InChI=1S/C19H14N4O3S/c20-9-13-4-3-5-14(8-13)22-17(24)11-26-19(25)12-27-18-10-21-15-6-1-2-7-16(15)23-18/h1-8,10H,11-12H2,(H,22,24). The van der Waals surface area contributed by atoms with Gasteiger partial charge in [0.1, 0.15) is 5.03 Å². The van der Waals surface area contributed by atoms with E-state index in [1.165, 1.54) is 17.8 Å². The van der Waals surface area contributed by atoms with Gasteiger partial charge in [-0.1, -0.05) is 30.0 Å². The molecule has 0 aliphatic heterocycles. The number of ether oxygens (including phenoxy) is 1. The number of benzene rings is 2. The third-order valence-corrected chi connectivity index (χ3v) is 4.28. The second-order valence-electron chi connectivity index (χ2n) is 5.39. The maximum Gasteiger partial charge on any atom is 0.316 e. The van der Waals surface area contributed by atoms with Crippen molar-refractivity contribution >= 4 is 40.4 Å². The topological polar surface area (TPSA) is 105 Å². The Balaban J connectivity index is 1.46. The molecule has 27 heavy (non-hydrogen) atoms. The van der Waals surface area contributed by atoms with Gasteiger partial charge in [0.2, 0.25) is 0 Å². The molecule has 0 fully saturated rings. The number of esters is 1. The second-order valence-corrected chi connectivity index (χ2v) is 6.38. The number of nitrogens with one attached hydrogen (secondary N) is 1.